The SMILES string of the molecule is CC(=O)N[C@@H](Cc1ccccc1)C(=O)N(C)c1cccc(F)c1.Cc1ccccc1.[HH].[HH]. The molecular formula is C25H31FN2O2. The molecule has 0 aliphatic heterocycles. The Bertz CT molecular complexity index is 956. The van der Waals surface area contributed by atoms with Gasteiger partial charge in [-0.3, -0.25) is 9.59 Å². The summed E-state index contributed by atoms with van der Waals surface area (Å²) in [5.41, 5.74) is 2.70. The van der Waals surface area contributed by atoms with Gasteiger partial charge in [0.15, 0.2) is 0 Å². The second kappa shape index (κ2) is 11.5. The van der Waals surface area contributed by atoms with Crippen LogP contribution >= 0.6 is 0 Å². The van der Waals surface area contributed by atoms with Crippen LogP contribution < -0.4 is 10.2 Å². The summed E-state index contributed by atoms with van der Waals surface area (Å²) in [6, 6.07) is 24.8. The Morgan fingerprint density at radius 3 is 2.07 bits per heavy atom. The lowest BCUT2D eigenvalue weighted by Gasteiger charge is -2.24. The van der Waals surface area contributed by atoms with Crippen LogP contribution in [0.3, 0.4) is 0 Å². The third-order valence-electron chi connectivity index (χ3n) is 4.42. The van der Waals surface area contributed by atoms with Gasteiger partial charge in [-0.05, 0) is 30.7 Å². The van der Waals surface area contributed by atoms with Crippen molar-refractivity contribution in [1.29, 1.82) is 0 Å². The number of hydrogen-bond acceptors (Lipinski definition) is 2. The van der Waals surface area contributed by atoms with E-state index >= 15 is 0 Å². The van der Waals surface area contributed by atoms with Crippen molar-refractivity contribution in [3.8, 4) is 0 Å². The van der Waals surface area contributed by atoms with Crippen LogP contribution in [0.15, 0.2) is 84.9 Å². The van der Waals surface area contributed by atoms with E-state index in [0.29, 0.717) is 12.1 Å². The molecule has 0 unspecified atom stereocenters. The number of carbonyl (C=O) groups excluding carboxylic acids is 2. The van der Waals surface area contributed by atoms with E-state index in [1.807, 2.05) is 48.5 Å². The Hall–Kier alpha value is -3.47. The van der Waals surface area contributed by atoms with Crippen LogP contribution in [0.2, 0.25) is 0 Å². The summed E-state index contributed by atoms with van der Waals surface area (Å²) >= 11 is 0. The lowest BCUT2D eigenvalue weighted by Crippen LogP contribution is -2.48. The molecule has 0 aliphatic carbocycles. The van der Waals surface area contributed by atoms with Crippen molar-refractivity contribution in [2.45, 2.75) is 26.3 Å². The minimum Gasteiger partial charge on any atom is -0.344 e. The number of likely N-dealkylation sites (N-methyl/N-ethyl adjacent to an activating group) is 1. The molecule has 0 aliphatic rings. The summed E-state index contributed by atoms with van der Waals surface area (Å²) in [6.45, 7) is 3.45. The van der Waals surface area contributed by atoms with E-state index in [1.54, 1.807) is 19.2 Å². The fourth-order valence-electron chi connectivity index (χ4n) is 2.88. The van der Waals surface area contributed by atoms with Crippen LogP contribution in [0.25, 0.3) is 0 Å². The first-order valence-corrected chi connectivity index (χ1v) is 9.72. The highest BCUT2D eigenvalue weighted by Crippen LogP contribution is 2.16. The number of benzene rings is 3. The number of nitrogens with one attached hydrogen (secondary N) is 1. The third kappa shape index (κ3) is 7.51. The number of amides is 2. The molecule has 1 atom stereocenters. The van der Waals surface area contributed by atoms with Gasteiger partial charge in [-0.15, -0.1) is 0 Å². The van der Waals surface area contributed by atoms with Gasteiger partial charge < -0.3 is 10.2 Å². The van der Waals surface area contributed by atoms with Gasteiger partial charge in [-0.25, -0.2) is 4.39 Å². The maximum atomic E-state index is 13.3. The fraction of sp³-hybridized carbons (Fsp3) is 0.200. The predicted octanol–water partition coefficient (Wildman–Crippen LogP) is 5.02. The maximum absolute atomic E-state index is 13.3. The smallest absolute Gasteiger partial charge is 0.249 e. The fourth-order valence-corrected chi connectivity index (χ4v) is 2.88. The molecular weight excluding hydrogens is 379 g/mol. The second-order valence-corrected chi connectivity index (χ2v) is 6.97. The van der Waals surface area contributed by atoms with Crippen molar-refractivity contribution >= 4 is 17.5 Å². The Kier molecular flexibility index (Phi) is 8.75. The highest BCUT2D eigenvalue weighted by Gasteiger charge is 2.24. The molecule has 4 nitrogen and oxygen atoms in total. The predicted molar refractivity (Wildman–Crippen MR) is 123 cm³/mol. The largest absolute Gasteiger partial charge is 0.344 e. The maximum Gasteiger partial charge on any atom is 0.249 e. The zero-order chi connectivity index (χ0) is 21.9. The Balaban J connectivity index is 0.000000913. The summed E-state index contributed by atoms with van der Waals surface area (Å²) in [6.07, 6.45) is 0.374. The lowest BCUT2D eigenvalue weighted by atomic mass is 10.0. The van der Waals surface area contributed by atoms with E-state index < -0.39 is 11.9 Å². The average Bonchev–Trinajstić information content (AvgIpc) is 2.74. The van der Waals surface area contributed by atoms with Crippen molar-refractivity contribution in [1.82, 2.24) is 5.32 Å². The number of anilines is 1. The first kappa shape index (κ1) is 22.8. The van der Waals surface area contributed by atoms with Gasteiger partial charge in [0, 0.05) is 28.9 Å². The van der Waals surface area contributed by atoms with Gasteiger partial charge in [-0.2, -0.15) is 0 Å². The summed E-state index contributed by atoms with van der Waals surface area (Å²) in [5.74, 6) is -0.997. The molecule has 2 amide bonds. The molecule has 5 heteroatoms. The quantitative estimate of drug-likeness (QED) is 0.642. The summed E-state index contributed by atoms with van der Waals surface area (Å²) in [4.78, 5) is 25.5. The van der Waals surface area contributed by atoms with Crippen LogP contribution in [0, 0.1) is 12.7 Å². The topological polar surface area (TPSA) is 49.4 Å². The van der Waals surface area contributed by atoms with Gasteiger partial charge >= 0.3 is 0 Å². The summed E-state index contributed by atoms with van der Waals surface area (Å²) in [5, 5.41) is 2.67. The van der Waals surface area contributed by atoms with E-state index in [4.69, 9.17) is 0 Å². The van der Waals surface area contributed by atoms with Crippen LogP contribution in [0.4, 0.5) is 10.1 Å². The van der Waals surface area contributed by atoms with Crippen molar-refractivity contribution in [2.24, 2.45) is 0 Å². The zero-order valence-electron chi connectivity index (χ0n) is 17.5. The third-order valence-corrected chi connectivity index (χ3v) is 4.42. The zero-order valence-corrected chi connectivity index (χ0v) is 17.5. The summed E-state index contributed by atoms with van der Waals surface area (Å²) in [7, 11) is 1.57. The highest BCUT2D eigenvalue weighted by atomic mass is 19.1. The minimum atomic E-state index is -0.705. The molecule has 0 saturated heterocycles. The molecule has 0 radical (unpaired) electrons. The lowest BCUT2D eigenvalue weighted by molar-refractivity contribution is -0.126. The van der Waals surface area contributed by atoms with Crippen molar-refractivity contribution in [3.63, 3.8) is 0 Å². The Labute approximate surface area is 180 Å². The van der Waals surface area contributed by atoms with E-state index in [9.17, 15) is 14.0 Å². The van der Waals surface area contributed by atoms with Crippen LogP contribution in [-0.4, -0.2) is 24.9 Å². The van der Waals surface area contributed by atoms with Crippen LogP contribution in [0.1, 0.15) is 20.9 Å². The molecule has 0 heterocycles. The monoisotopic (exact) mass is 410 g/mol. The van der Waals surface area contributed by atoms with Gasteiger partial charge in [0.2, 0.25) is 11.8 Å². The van der Waals surface area contributed by atoms with E-state index in [1.165, 1.54) is 29.5 Å². The molecule has 1 N–H and O–H groups in total. The van der Waals surface area contributed by atoms with Crippen LogP contribution in [-0.2, 0) is 16.0 Å². The summed E-state index contributed by atoms with van der Waals surface area (Å²) < 4.78 is 13.3. The molecule has 0 fully saturated rings. The van der Waals surface area contributed by atoms with Gasteiger partial charge in [0.25, 0.3) is 0 Å². The number of rotatable bonds is 5. The molecule has 0 spiro atoms. The molecule has 3 aromatic rings. The second-order valence-electron chi connectivity index (χ2n) is 6.97. The first-order chi connectivity index (χ1) is 14.4. The van der Waals surface area contributed by atoms with Crippen molar-refractivity contribution < 1.29 is 16.8 Å². The van der Waals surface area contributed by atoms with Crippen LogP contribution in [0.5, 0.6) is 0 Å². The van der Waals surface area contributed by atoms with E-state index in [2.05, 4.69) is 24.4 Å². The number of hydrogen-bond donors (Lipinski definition) is 1. The number of nitrogens with zero attached hydrogens (tertiary/aromatic N) is 1. The standard InChI is InChI=1S/C18H19FN2O2.C7H8.2H2/c1-13(22)20-17(11-14-7-4-3-5-8-14)18(23)21(2)16-10-6-9-15(19)12-16;1-7-5-3-2-4-6-7;;/h3-10,12,17H,11H2,1-2H3,(H,20,22);2-6H,1H3;2*1H/t17-;;;/m0.../s1. The number of halogens is 1. The number of aryl methyl sites for hydroxylation is 1. The normalized spacial score (nSPS) is 10.9. The number of carbonyl (C=O) groups is 2. The van der Waals surface area contributed by atoms with E-state index in [-0.39, 0.29) is 14.7 Å². The van der Waals surface area contributed by atoms with Gasteiger partial charge in [0.1, 0.15) is 11.9 Å². The minimum absolute atomic E-state index is 0. The molecule has 3 aromatic carbocycles. The molecule has 3 rings (SSSR count). The Morgan fingerprint density at radius 2 is 1.57 bits per heavy atom. The molecule has 30 heavy (non-hydrogen) atoms. The highest BCUT2D eigenvalue weighted by molar-refractivity contribution is 5.98. The van der Waals surface area contributed by atoms with Crippen molar-refractivity contribution in [3.05, 3.63) is 102 Å². The molecule has 0 aromatic heterocycles. The Morgan fingerprint density at radius 1 is 0.967 bits per heavy atom. The molecule has 0 bridgehead atoms. The van der Waals surface area contributed by atoms with Gasteiger partial charge in [-0.1, -0.05) is 72.3 Å². The average molecular weight is 411 g/mol. The van der Waals surface area contributed by atoms with Gasteiger partial charge in [0.05, 0.1) is 0 Å². The first-order valence-electron chi connectivity index (χ1n) is 9.72. The van der Waals surface area contributed by atoms with E-state index in [0.717, 1.165) is 5.56 Å². The molecule has 0 saturated carbocycles. The van der Waals surface area contributed by atoms with Crippen molar-refractivity contribution in [2.75, 3.05) is 11.9 Å². The molecule has 160 valence electrons.